The van der Waals surface area contributed by atoms with Crippen molar-refractivity contribution in [2.45, 2.75) is 33.6 Å². The van der Waals surface area contributed by atoms with Crippen LogP contribution < -0.4 is 0 Å². The molecule has 1 aromatic carbocycles. The number of rotatable bonds is 1. The standard InChI is InChI=1S/C13H17N/c1-8(2)12-7-11-5-9(3)10(4)6-13(11)14-12/h5-8,14H,1-4H3. The van der Waals surface area contributed by atoms with E-state index in [1.54, 1.807) is 0 Å². The van der Waals surface area contributed by atoms with E-state index >= 15 is 0 Å². The number of aryl methyl sites for hydroxylation is 2. The van der Waals surface area contributed by atoms with E-state index in [0.717, 1.165) is 0 Å². The Morgan fingerprint density at radius 1 is 1.00 bits per heavy atom. The highest BCUT2D eigenvalue weighted by Crippen LogP contribution is 2.23. The largest absolute Gasteiger partial charge is 0.358 e. The normalized spacial score (nSPS) is 11.5. The van der Waals surface area contributed by atoms with Crippen molar-refractivity contribution in [1.82, 2.24) is 4.98 Å². The van der Waals surface area contributed by atoms with Crippen molar-refractivity contribution >= 4 is 10.9 Å². The molecular weight excluding hydrogens is 170 g/mol. The van der Waals surface area contributed by atoms with Crippen molar-refractivity contribution in [3.63, 3.8) is 0 Å². The van der Waals surface area contributed by atoms with Crippen LogP contribution in [0.2, 0.25) is 0 Å². The van der Waals surface area contributed by atoms with Crippen molar-refractivity contribution in [3.8, 4) is 0 Å². The number of H-pyrrole nitrogens is 1. The molecule has 0 saturated heterocycles. The fourth-order valence-electron chi connectivity index (χ4n) is 1.74. The Morgan fingerprint density at radius 3 is 2.29 bits per heavy atom. The minimum Gasteiger partial charge on any atom is -0.358 e. The van der Waals surface area contributed by atoms with Gasteiger partial charge in [0.15, 0.2) is 0 Å². The van der Waals surface area contributed by atoms with Gasteiger partial charge in [-0.1, -0.05) is 13.8 Å². The molecule has 0 saturated carbocycles. The second-order valence-corrected chi connectivity index (χ2v) is 4.40. The first-order valence-electron chi connectivity index (χ1n) is 5.18. The summed E-state index contributed by atoms with van der Waals surface area (Å²) >= 11 is 0. The lowest BCUT2D eigenvalue weighted by Crippen LogP contribution is -1.84. The smallest absolute Gasteiger partial charge is 0.0459 e. The van der Waals surface area contributed by atoms with E-state index in [1.807, 2.05) is 0 Å². The first-order chi connectivity index (χ1) is 6.58. The molecule has 0 amide bonds. The molecule has 0 radical (unpaired) electrons. The molecule has 1 heterocycles. The van der Waals surface area contributed by atoms with E-state index in [9.17, 15) is 0 Å². The molecule has 1 aromatic heterocycles. The number of hydrogen-bond donors (Lipinski definition) is 1. The molecule has 1 N–H and O–H groups in total. The molecule has 0 aliphatic heterocycles. The van der Waals surface area contributed by atoms with Crippen molar-refractivity contribution in [3.05, 3.63) is 35.0 Å². The lowest BCUT2D eigenvalue weighted by Gasteiger charge is -1.99. The monoisotopic (exact) mass is 187 g/mol. The molecule has 0 unspecified atom stereocenters. The van der Waals surface area contributed by atoms with Gasteiger partial charge in [-0.25, -0.2) is 0 Å². The first-order valence-corrected chi connectivity index (χ1v) is 5.18. The van der Waals surface area contributed by atoms with Gasteiger partial charge in [-0.15, -0.1) is 0 Å². The lowest BCUT2D eigenvalue weighted by atomic mass is 10.1. The highest BCUT2D eigenvalue weighted by Gasteiger charge is 2.05. The summed E-state index contributed by atoms with van der Waals surface area (Å²) in [5.74, 6) is 0.572. The van der Waals surface area contributed by atoms with Gasteiger partial charge in [0.05, 0.1) is 0 Å². The Hall–Kier alpha value is -1.24. The molecule has 0 spiro atoms. The second-order valence-electron chi connectivity index (χ2n) is 4.40. The van der Waals surface area contributed by atoms with Crippen LogP contribution in [-0.4, -0.2) is 4.98 Å². The Morgan fingerprint density at radius 2 is 1.64 bits per heavy atom. The predicted molar refractivity (Wildman–Crippen MR) is 61.9 cm³/mol. The zero-order valence-corrected chi connectivity index (χ0v) is 9.31. The molecule has 14 heavy (non-hydrogen) atoms. The van der Waals surface area contributed by atoms with Crippen LogP contribution in [0.3, 0.4) is 0 Å². The van der Waals surface area contributed by atoms with Crippen LogP contribution in [-0.2, 0) is 0 Å². The highest BCUT2D eigenvalue weighted by molar-refractivity contribution is 5.82. The van der Waals surface area contributed by atoms with Crippen LogP contribution in [0.4, 0.5) is 0 Å². The molecule has 0 fully saturated rings. The van der Waals surface area contributed by atoms with E-state index in [4.69, 9.17) is 0 Å². The number of aromatic amines is 1. The Balaban J connectivity index is 2.66. The molecule has 1 heteroatoms. The SMILES string of the molecule is Cc1cc2cc(C(C)C)[nH]c2cc1C. The van der Waals surface area contributed by atoms with Gasteiger partial charge in [-0.2, -0.15) is 0 Å². The minimum absolute atomic E-state index is 0.572. The molecule has 2 aromatic rings. The molecule has 2 rings (SSSR count). The van der Waals surface area contributed by atoms with E-state index in [2.05, 4.69) is 50.9 Å². The maximum absolute atomic E-state index is 3.46. The van der Waals surface area contributed by atoms with Gasteiger partial charge in [-0.05, 0) is 54.5 Å². The zero-order chi connectivity index (χ0) is 10.3. The average molecular weight is 187 g/mol. The summed E-state index contributed by atoms with van der Waals surface area (Å²) in [5, 5.41) is 1.33. The molecular formula is C13H17N. The topological polar surface area (TPSA) is 15.8 Å². The van der Waals surface area contributed by atoms with Gasteiger partial charge < -0.3 is 4.98 Å². The summed E-state index contributed by atoms with van der Waals surface area (Å²) < 4.78 is 0. The third-order valence-corrected chi connectivity index (χ3v) is 2.88. The van der Waals surface area contributed by atoms with Crippen LogP contribution in [0.1, 0.15) is 36.6 Å². The van der Waals surface area contributed by atoms with E-state index < -0.39 is 0 Å². The minimum atomic E-state index is 0.572. The second kappa shape index (κ2) is 3.16. The maximum atomic E-state index is 3.46. The number of fused-ring (bicyclic) bond motifs is 1. The fourth-order valence-corrected chi connectivity index (χ4v) is 1.74. The molecule has 74 valence electrons. The van der Waals surface area contributed by atoms with Crippen molar-refractivity contribution in [1.29, 1.82) is 0 Å². The highest BCUT2D eigenvalue weighted by atomic mass is 14.7. The number of benzene rings is 1. The first kappa shape index (κ1) is 9.32. The van der Waals surface area contributed by atoms with Crippen LogP contribution in [0.15, 0.2) is 18.2 Å². The van der Waals surface area contributed by atoms with E-state index in [-0.39, 0.29) is 0 Å². The number of aromatic nitrogens is 1. The van der Waals surface area contributed by atoms with Crippen LogP contribution in [0.5, 0.6) is 0 Å². The van der Waals surface area contributed by atoms with Crippen molar-refractivity contribution < 1.29 is 0 Å². The van der Waals surface area contributed by atoms with Crippen molar-refractivity contribution in [2.24, 2.45) is 0 Å². The van der Waals surface area contributed by atoms with E-state index in [1.165, 1.54) is 27.7 Å². The zero-order valence-electron chi connectivity index (χ0n) is 9.31. The van der Waals surface area contributed by atoms with Crippen LogP contribution >= 0.6 is 0 Å². The molecule has 1 nitrogen and oxygen atoms in total. The lowest BCUT2D eigenvalue weighted by molar-refractivity contribution is 0.836. The number of nitrogens with one attached hydrogen (secondary N) is 1. The molecule has 0 atom stereocenters. The molecule has 0 aliphatic carbocycles. The van der Waals surface area contributed by atoms with Gasteiger partial charge in [0, 0.05) is 11.2 Å². The summed E-state index contributed by atoms with van der Waals surface area (Å²) in [5.41, 5.74) is 5.31. The van der Waals surface area contributed by atoms with Gasteiger partial charge in [0.2, 0.25) is 0 Å². The fraction of sp³-hybridized carbons (Fsp3) is 0.385. The molecule has 0 bridgehead atoms. The van der Waals surface area contributed by atoms with E-state index in [0.29, 0.717) is 5.92 Å². The Bertz CT molecular complexity index is 424. The summed E-state index contributed by atoms with van der Waals surface area (Å²) in [6, 6.07) is 6.75. The number of hydrogen-bond acceptors (Lipinski definition) is 0. The summed E-state index contributed by atoms with van der Waals surface area (Å²) in [6.07, 6.45) is 0. The summed E-state index contributed by atoms with van der Waals surface area (Å²) in [6.45, 7) is 8.75. The molecule has 0 aliphatic rings. The van der Waals surface area contributed by atoms with Gasteiger partial charge >= 0.3 is 0 Å². The van der Waals surface area contributed by atoms with Crippen molar-refractivity contribution in [2.75, 3.05) is 0 Å². The average Bonchev–Trinajstić information content (AvgIpc) is 2.48. The van der Waals surface area contributed by atoms with Crippen LogP contribution in [0.25, 0.3) is 10.9 Å². The predicted octanol–water partition coefficient (Wildman–Crippen LogP) is 3.91. The quantitative estimate of drug-likeness (QED) is 0.696. The Labute approximate surface area is 85.1 Å². The third kappa shape index (κ3) is 1.43. The van der Waals surface area contributed by atoms with Gasteiger partial charge in [0.25, 0.3) is 0 Å². The van der Waals surface area contributed by atoms with Crippen LogP contribution in [0, 0.1) is 13.8 Å². The Kier molecular flexibility index (Phi) is 2.10. The maximum Gasteiger partial charge on any atom is 0.0459 e. The summed E-state index contributed by atoms with van der Waals surface area (Å²) in [7, 11) is 0. The van der Waals surface area contributed by atoms with Gasteiger partial charge in [0.1, 0.15) is 0 Å². The van der Waals surface area contributed by atoms with Gasteiger partial charge in [-0.3, -0.25) is 0 Å². The summed E-state index contributed by atoms with van der Waals surface area (Å²) in [4.78, 5) is 3.46. The third-order valence-electron chi connectivity index (χ3n) is 2.88.